The number of benzene rings is 1. The standard InChI is InChI=1S/C13H18O2S/c1-13(2)10-6-9-12(13)16(14,15)11-7-4-3-5-8-11/h3-5,7-8,12H,6,9-10H2,1-2H3. The maximum Gasteiger partial charge on any atom is 0.181 e. The zero-order valence-corrected chi connectivity index (χ0v) is 10.6. The van der Waals surface area contributed by atoms with E-state index in [2.05, 4.69) is 13.8 Å². The van der Waals surface area contributed by atoms with Crippen molar-refractivity contribution in [3.63, 3.8) is 0 Å². The summed E-state index contributed by atoms with van der Waals surface area (Å²) >= 11 is 0. The van der Waals surface area contributed by atoms with E-state index in [4.69, 9.17) is 0 Å². The minimum Gasteiger partial charge on any atom is -0.223 e. The lowest BCUT2D eigenvalue weighted by molar-refractivity contribution is 0.379. The average Bonchev–Trinajstić information content (AvgIpc) is 2.60. The van der Waals surface area contributed by atoms with Gasteiger partial charge in [-0.3, -0.25) is 0 Å². The van der Waals surface area contributed by atoms with Crippen LogP contribution in [0.25, 0.3) is 0 Å². The average molecular weight is 238 g/mol. The Morgan fingerprint density at radius 2 is 1.81 bits per heavy atom. The first-order valence-electron chi connectivity index (χ1n) is 5.73. The van der Waals surface area contributed by atoms with Crippen LogP contribution in [0.15, 0.2) is 35.2 Å². The van der Waals surface area contributed by atoms with Gasteiger partial charge in [-0.1, -0.05) is 38.5 Å². The molecule has 0 aromatic heterocycles. The second-order valence-electron chi connectivity index (χ2n) is 5.23. The van der Waals surface area contributed by atoms with Gasteiger partial charge in [-0.15, -0.1) is 0 Å². The van der Waals surface area contributed by atoms with Crippen LogP contribution in [0.2, 0.25) is 0 Å². The van der Waals surface area contributed by atoms with Crippen molar-refractivity contribution in [3.05, 3.63) is 30.3 Å². The second-order valence-corrected chi connectivity index (χ2v) is 7.36. The number of hydrogen-bond acceptors (Lipinski definition) is 2. The zero-order valence-electron chi connectivity index (χ0n) is 9.81. The van der Waals surface area contributed by atoms with Gasteiger partial charge in [0.25, 0.3) is 0 Å². The van der Waals surface area contributed by atoms with Gasteiger partial charge in [0.15, 0.2) is 9.84 Å². The fraction of sp³-hybridized carbons (Fsp3) is 0.538. The highest BCUT2D eigenvalue weighted by atomic mass is 32.2. The highest BCUT2D eigenvalue weighted by Crippen LogP contribution is 2.43. The molecule has 0 radical (unpaired) electrons. The van der Waals surface area contributed by atoms with Crippen LogP contribution in [0.3, 0.4) is 0 Å². The molecule has 0 N–H and O–H groups in total. The van der Waals surface area contributed by atoms with E-state index in [1.165, 1.54) is 0 Å². The Balaban J connectivity index is 2.41. The molecule has 16 heavy (non-hydrogen) atoms. The Bertz CT molecular complexity index is 460. The maximum atomic E-state index is 12.5. The fourth-order valence-corrected chi connectivity index (χ4v) is 4.94. The van der Waals surface area contributed by atoms with Crippen LogP contribution in [0, 0.1) is 5.41 Å². The summed E-state index contributed by atoms with van der Waals surface area (Å²) in [7, 11) is -3.15. The van der Waals surface area contributed by atoms with Crippen molar-refractivity contribution in [1.82, 2.24) is 0 Å². The van der Waals surface area contributed by atoms with Gasteiger partial charge in [0.2, 0.25) is 0 Å². The van der Waals surface area contributed by atoms with Gasteiger partial charge < -0.3 is 0 Å². The minimum atomic E-state index is -3.15. The van der Waals surface area contributed by atoms with E-state index >= 15 is 0 Å². The van der Waals surface area contributed by atoms with Crippen molar-refractivity contribution >= 4 is 9.84 Å². The third kappa shape index (κ3) is 1.88. The van der Waals surface area contributed by atoms with Gasteiger partial charge in [0, 0.05) is 0 Å². The van der Waals surface area contributed by atoms with E-state index < -0.39 is 9.84 Å². The molecule has 2 rings (SSSR count). The van der Waals surface area contributed by atoms with E-state index in [1.54, 1.807) is 24.3 Å². The summed E-state index contributed by atoms with van der Waals surface area (Å²) in [5, 5.41) is -0.220. The Labute approximate surface area is 97.6 Å². The van der Waals surface area contributed by atoms with Gasteiger partial charge in [-0.2, -0.15) is 0 Å². The van der Waals surface area contributed by atoms with Crippen LogP contribution in [0.5, 0.6) is 0 Å². The van der Waals surface area contributed by atoms with Crippen molar-refractivity contribution in [2.75, 3.05) is 0 Å². The molecule has 1 saturated carbocycles. The summed E-state index contributed by atoms with van der Waals surface area (Å²) in [6, 6.07) is 8.82. The highest BCUT2D eigenvalue weighted by molar-refractivity contribution is 7.92. The lowest BCUT2D eigenvalue weighted by atomic mass is 9.92. The van der Waals surface area contributed by atoms with E-state index in [-0.39, 0.29) is 10.7 Å². The molecule has 1 aromatic rings. The fourth-order valence-electron chi connectivity index (χ4n) is 2.64. The Morgan fingerprint density at radius 1 is 1.19 bits per heavy atom. The minimum absolute atomic E-state index is 0.0886. The summed E-state index contributed by atoms with van der Waals surface area (Å²) in [6.07, 6.45) is 2.82. The van der Waals surface area contributed by atoms with Gasteiger partial charge in [-0.25, -0.2) is 8.42 Å². The lowest BCUT2D eigenvalue weighted by Crippen LogP contribution is -2.31. The molecular weight excluding hydrogens is 220 g/mol. The Kier molecular flexibility index (Phi) is 2.82. The molecular formula is C13H18O2S. The smallest absolute Gasteiger partial charge is 0.181 e. The van der Waals surface area contributed by atoms with Crippen LogP contribution >= 0.6 is 0 Å². The van der Waals surface area contributed by atoms with Gasteiger partial charge in [0.05, 0.1) is 10.1 Å². The summed E-state index contributed by atoms with van der Waals surface area (Å²) in [5.74, 6) is 0. The predicted octanol–water partition coefficient (Wildman–Crippen LogP) is 3.04. The van der Waals surface area contributed by atoms with Gasteiger partial charge in [0.1, 0.15) is 0 Å². The molecule has 0 spiro atoms. The van der Waals surface area contributed by atoms with Crippen molar-refractivity contribution < 1.29 is 8.42 Å². The van der Waals surface area contributed by atoms with Crippen LogP contribution < -0.4 is 0 Å². The van der Waals surface area contributed by atoms with Crippen molar-refractivity contribution in [1.29, 1.82) is 0 Å². The molecule has 0 saturated heterocycles. The molecule has 0 aliphatic heterocycles. The van der Waals surface area contributed by atoms with E-state index in [0.717, 1.165) is 19.3 Å². The molecule has 1 aromatic carbocycles. The zero-order chi connectivity index (χ0) is 11.8. The maximum absolute atomic E-state index is 12.5. The first kappa shape index (κ1) is 11.6. The van der Waals surface area contributed by atoms with Crippen LogP contribution in [-0.4, -0.2) is 13.7 Å². The third-order valence-electron chi connectivity index (χ3n) is 3.61. The molecule has 1 unspecified atom stereocenters. The molecule has 1 aliphatic carbocycles. The molecule has 1 atom stereocenters. The molecule has 88 valence electrons. The molecule has 0 heterocycles. The summed E-state index contributed by atoms with van der Waals surface area (Å²) < 4.78 is 24.9. The summed E-state index contributed by atoms with van der Waals surface area (Å²) in [5.41, 5.74) is -0.0886. The normalized spacial score (nSPS) is 24.5. The molecule has 1 aliphatic rings. The highest BCUT2D eigenvalue weighted by Gasteiger charge is 2.43. The molecule has 0 bridgehead atoms. The Hall–Kier alpha value is -0.830. The van der Waals surface area contributed by atoms with Crippen molar-refractivity contribution in [3.8, 4) is 0 Å². The quantitative estimate of drug-likeness (QED) is 0.793. The topological polar surface area (TPSA) is 34.1 Å². The predicted molar refractivity (Wildman–Crippen MR) is 65.0 cm³/mol. The van der Waals surface area contributed by atoms with Gasteiger partial charge in [-0.05, 0) is 30.4 Å². The largest absolute Gasteiger partial charge is 0.223 e. The molecule has 3 heteroatoms. The van der Waals surface area contributed by atoms with Gasteiger partial charge >= 0.3 is 0 Å². The summed E-state index contributed by atoms with van der Waals surface area (Å²) in [6.45, 7) is 4.12. The molecule has 1 fully saturated rings. The SMILES string of the molecule is CC1(C)CCCC1S(=O)(=O)c1ccccc1. The first-order valence-corrected chi connectivity index (χ1v) is 7.28. The summed E-state index contributed by atoms with van der Waals surface area (Å²) in [4.78, 5) is 0.468. The number of rotatable bonds is 2. The van der Waals surface area contributed by atoms with Crippen LogP contribution in [0.4, 0.5) is 0 Å². The van der Waals surface area contributed by atoms with E-state index in [0.29, 0.717) is 4.90 Å². The number of sulfone groups is 1. The first-order chi connectivity index (χ1) is 7.44. The Morgan fingerprint density at radius 3 is 2.31 bits per heavy atom. The molecule has 2 nitrogen and oxygen atoms in total. The van der Waals surface area contributed by atoms with Crippen molar-refractivity contribution in [2.45, 2.75) is 43.3 Å². The van der Waals surface area contributed by atoms with E-state index in [9.17, 15) is 8.42 Å². The van der Waals surface area contributed by atoms with Crippen LogP contribution in [0.1, 0.15) is 33.1 Å². The monoisotopic (exact) mass is 238 g/mol. The van der Waals surface area contributed by atoms with E-state index in [1.807, 2.05) is 6.07 Å². The van der Waals surface area contributed by atoms with Crippen molar-refractivity contribution in [2.24, 2.45) is 5.41 Å². The number of hydrogen-bond donors (Lipinski definition) is 0. The molecule has 0 amide bonds. The lowest BCUT2D eigenvalue weighted by Gasteiger charge is -2.26. The third-order valence-corrected chi connectivity index (χ3v) is 6.16. The van der Waals surface area contributed by atoms with Crippen LogP contribution in [-0.2, 0) is 9.84 Å². The second kappa shape index (κ2) is 3.88.